The molecule has 0 aromatic heterocycles. The summed E-state index contributed by atoms with van der Waals surface area (Å²) in [5, 5.41) is 11.4. The van der Waals surface area contributed by atoms with Crippen LogP contribution < -0.4 is 10.1 Å². The van der Waals surface area contributed by atoms with Crippen molar-refractivity contribution in [2.75, 3.05) is 20.3 Å². The lowest BCUT2D eigenvalue weighted by molar-refractivity contribution is -0.274. The number of nitrogens with one attached hydrogen (secondary N) is 1. The second-order valence-electron chi connectivity index (χ2n) is 4.00. The van der Waals surface area contributed by atoms with Crippen LogP contribution in [-0.2, 0) is 9.53 Å². The molecule has 0 aliphatic rings. The molecule has 0 saturated heterocycles. The quantitative estimate of drug-likeness (QED) is 0.497. The van der Waals surface area contributed by atoms with Gasteiger partial charge in [-0.2, -0.15) is 5.26 Å². The molecule has 0 aliphatic heterocycles. The number of alkyl halides is 3. The minimum absolute atomic E-state index is 0.0294. The van der Waals surface area contributed by atoms with E-state index in [4.69, 9.17) is 10.00 Å². The number of benzene rings is 1. The Morgan fingerprint density at radius 1 is 1.41 bits per heavy atom. The van der Waals surface area contributed by atoms with E-state index in [1.807, 2.05) is 0 Å². The SMILES string of the molecule is COCCNC(=O)/C(C#N)=C/c1ccccc1OC(F)(F)F. The second kappa shape index (κ2) is 8.05. The molecule has 0 unspecified atom stereocenters. The molecule has 0 saturated carbocycles. The Kier molecular flexibility index (Phi) is 6.41. The molecule has 0 bridgehead atoms. The fourth-order valence-electron chi connectivity index (χ4n) is 1.48. The Balaban J connectivity index is 2.98. The van der Waals surface area contributed by atoms with Crippen LogP contribution in [0.2, 0.25) is 0 Å². The third-order valence-electron chi connectivity index (χ3n) is 2.40. The normalized spacial score (nSPS) is 11.7. The van der Waals surface area contributed by atoms with E-state index in [9.17, 15) is 18.0 Å². The van der Waals surface area contributed by atoms with Gasteiger partial charge >= 0.3 is 6.36 Å². The van der Waals surface area contributed by atoms with Gasteiger partial charge in [0.25, 0.3) is 5.91 Å². The van der Waals surface area contributed by atoms with E-state index in [2.05, 4.69) is 10.1 Å². The first-order chi connectivity index (χ1) is 10.4. The lowest BCUT2D eigenvalue weighted by Crippen LogP contribution is -2.27. The topological polar surface area (TPSA) is 71.3 Å². The van der Waals surface area contributed by atoms with Crippen LogP contribution in [0.5, 0.6) is 5.75 Å². The molecular weight excluding hydrogens is 301 g/mol. The van der Waals surface area contributed by atoms with Crippen molar-refractivity contribution in [3.63, 3.8) is 0 Å². The number of nitrogens with zero attached hydrogens (tertiary/aromatic N) is 1. The van der Waals surface area contributed by atoms with E-state index < -0.39 is 18.0 Å². The van der Waals surface area contributed by atoms with Gasteiger partial charge in [0.2, 0.25) is 0 Å². The molecule has 0 heterocycles. The molecule has 0 aliphatic carbocycles. The van der Waals surface area contributed by atoms with Crippen molar-refractivity contribution in [3.05, 3.63) is 35.4 Å². The van der Waals surface area contributed by atoms with Crippen LogP contribution in [0.25, 0.3) is 6.08 Å². The van der Waals surface area contributed by atoms with Crippen molar-refractivity contribution >= 4 is 12.0 Å². The smallest absolute Gasteiger partial charge is 0.405 e. The minimum Gasteiger partial charge on any atom is -0.405 e. The average Bonchev–Trinajstić information content (AvgIpc) is 2.44. The molecule has 0 spiro atoms. The highest BCUT2D eigenvalue weighted by atomic mass is 19.4. The number of ether oxygens (including phenoxy) is 2. The van der Waals surface area contributed by atoms with Crippen LogP contribution >= 0.6 is 0 Å². The Hall–Kier alpha value is -2.53. The average molecular weight is 314 g/mol. The van der Waals surface area contributed by atoms with Gasteiger partial charge < -0.3 is 14.8 Å². The third kappa shape index (κ3) is 5.85. The minimum atomic E-state index is -4.86. The van der Waals surface area contributed by atoms with Crippen LogP contribution in [-0.4, -0.2) is 32.5 Å². The number of hydrogen-bond donors (Lipinski definition) is 1. The van der Waals surface area contributed by atoms with Crippen molar-refractivity contribution in [2.24, 2.45) is 0 Å². The molecule has 118 valence electrons. The summed E-state index contributed by atoms with van der Waals surface area (Å²) >= 11 is 0. The number of carbonyl (C=O) groups is 1. The van der Waals surface area contributed by atoms with Gasteiger partial charge in [-0.25, -0.2) is 0 Å². The first kappa shape index (κ1) is 17.5. The van der Waals surface area contributed by atoms with Gasteiger partial charge in [-0.15, -0.1) is 13.2 Å². The zero-order valence-electron chi connectivity index (χ0n) is 11.6. The van der Waals surface area contributed by atoms with Gasteiger partial charge in [0.15, 0.2) is 0 Å². The van der Waals surface area contributed by atoms with Crippen LogP contribution in [0.4, 0.5) is 13.2 Å². The molecule has 0 atom stereocenters. The maximum Gasteiger partial charge on any atom is 0.573 e. The summed E-state index contributed by atoms with van der Waals surface area (Å²) < 4.78 is 45.5. The molecule has 22 heavy (non-hydrogen) atoms. The van der Waals surface area contributed by atoms with Crippen molar-refractivity contribution in [2.45, 2.75) is 6.36 Å². The predicted octanol–water partition coefficient (Wildman–Crippen LogP) is 2.25. The van der Waals surface area contributed by atoms with Crippen molar-refractivity contribution < 1.29 is 27.4 Å². The predicted molar refractivity (Wildman–Crippen MR) is 71.6 cm³/mol. The number of methoxy groups -OCH3 is 1. The number of amides is 1. The lowest BCUT2D eigenvalue weighted by atomic mass is 10.1. The first-order valence-electron chi connectivity index (χ1n) is 6.11. The van der Waals surface area contributed by atoms with E-state index in [0.29, 0.717) is 0 Å². The second-order valence-corrected chi connectivity index (χ2v) is 4.00. The number of rotatable bonds is 6. The molecule has 0 radical (unpaired) electrons. The van der Waals surface area contributed by atoms with Crippen molar-refractivity contribution in [1.29, 1.82) is 5.26 Å². The molecule has 1 rings (SSSR count). The highest BCUT2D eigenvalue weighted by Crippen LogP contribution is 2.27. The Morgan fingerprint density at radius 2 is 2.09 bits per heavy atom. The van der Waals surface area contributed by atoms with E-state index in [-0.39, 0.29) is 24.3 Å². The largest absolute Gasteiger partial charge is 0.573 e. The molecule has 5 nitrogen and oxygen atoms in total. The standard InChI is InChI=1S/C14H13F3N2O3/c1-21-7-6-19-13(20)11(9-18)8-10-4-2-3-5-12(10)22-14(15,16)17/h2-5,8H,6-7H2,1H3,(H,19,20)/b11-8+. The molecule has 1 aromatic rings. The number of para-hydroxylation sites is 1. The molecule has 1 amide bonds. The lowest BCUT2D eigenvalue weighted by Gasteiger charge is -2.11. The van der Waals surface area contributed by atoms with Crippen molar-refractivity contribution in [3.8, 4) is 11.8 Å². The van der Waals surface area contributed by atoms with E-state index in [1.165, 1.54) is 25.3 Å². The summed E-state index contributed by atoms with van der Waals surface area (Å²) in [5.41, 5.74) is -0.368. The zero-order valence-corrected chi connectivity index (χ0v) is 11.6. The van der Waals surface area contributed by atoms with E-state index >= 15 is 0 Å². The number of halogens is 3. The number of carbonyl (C=O) groups excluding carboxylic acids is 1. The van der Waals surface area contributed by atoms with E-state index in [1.54, 1.807) is 6.07 Å². The summed E-state index contributed by atoms with van der Waals surface area (Å²) in [6.45, 7) is 0.424. The third-order valence-corrected chi connectivity index (χ3v) is 2.40. The molecule has 1 aromatic carbocycles. The highest BCUT2D eigenvalue weighted by molar-refractivity contribution is 6.01. The van der Waals surface area contributed by atoms with Crippen LogP contribution in [0.1, 0.15) is 5.56 Å². The van der Waals surface area contributed by atoms with Gasteiger partial charge in [-0.1, -0.05) is 18.2 Å². The van der Waals surface area contributed by atoms with Gasteiger partial charge in [-0.05, 0) is 12.1 Å². The number of hydrogen-bond acceptors (Lipinski definition) is 4. The molecule has 0 fully saturated rings. The van der Waals surface area contributed by atoms with Gasteiger partial charge in [0.1, 0.15) is 17.4 Å². The Labute approximate surface area is 124 Å². The van der Waals surface area contributed by atoms with Gasteiger partial charge in [0.05, 0.1) is 6.61 Å². The van der Waals surface area contributed by atoms with Crippen LogP contribution in [0, 0.1) is 11.3 Å². The highest BCUT2D eigenvalue weighted by Gasteiger charge is 2.31. The zero-order chi connectivity index (χ0) is 16.6. The fourth-order valence-corrected chi connectivity index (χ4v) is 1.48. The van der Waals surface area contributed by atoms with Gasteiger partial charge in [0, 0.05) is 19.2 Å². The number of nitriles is 1. The Morgan fingerprint density at radius 3 is 2.68 bits per heavy atom. The summed E-state index contributed by atoms with van der Waals surface area (Å²) in [6, 6.07) is 6.86. The summed E-state index contributed by atoms with van der Waals surface area (Å²) in [7, 11) is 1.44. The van der Waals surface area contributed by atoms with Crippen molar-refractivity contribution in [1.82, 2.24) is 5.32 Å². The molecular formula is C14H13F3N2O3. The summed E-state index contributed by atoms with van der Waals surface area (Å²) in [6.07, 6.45) is -3.83. The van der Waals surface area contributed by atoms with Crippen LogP contribution in [0.15, 0.2) is 29.8 Å². The fraction of sp³-hybridized carbons (Fsp3) is 0.286. The summed E-state index contributed by atoms with van der Waals surface area (Å²) in [4.78, 5) is 11.7. The maximum atomic E-state index is 12.3. The van der Waals surface area contributed by atoms with Crippen LogP contribution in [0.3, 0.4) is 0 Å². The molecule has 1 N–H and O–H groups in total. The monoisotopic (exact) mass is 314 g/mol. The summed E-state index contributed by atoms with van der Waals surface area (Å²) in [5.74, 6) is -1.20. The van der Waals surface area contributed by atoms with Gasteiger partial charge in [-0.3, -0.25) is 4.79 Å². The molecule has 8 heteroatoms. The Bertz CT molecular complexity index is 592. The first-order valence-corrected chi connectivity index (χ1v) is 6.11. The van der Waals surface area contributed by atoms with E-state index in [0.717, 1.165) is 12.1 Å². The maximum absolute atomic E-state index is 12.3.